The molecule has 0 spiro atoms. The molecule has 0 aliphatic rings. The quantitative estimate of drug-likeness (QED) is 0.577. The summed E-state index contributed by atoms with van der Waals surface area (Å²) in [5, 5.41) is 11.3. The maximum atomic E-state index is 12.3. The fourth-order valence-electron chi connectivity index (χ4n) is 2.54. The van der Waals surface area contributed by atoms with Crippen LogP contribution in [-0.2, 0) is 19.1 Å². The summed E-state index contributed by atoms with van der Waals surface area (Å²) >= 11 is 0. The Morgan fingerprint density at radius 1 is 0.828 bits per heavy atom. The van der Waals surface area contributed by atoms with E-state index in [9.17, 15) is 18.0 Å². The Morgan fingerprint density at radius 3 is 2.00 bits per heavy atom. The van der Waals surface area contributed by atoms with Crippen LogP contribution in [0.2, 0.25) is 0 Å². The molecule has 0 atom stereocenters. The molecule has 8 heteroatoms. The number of hydrogen-bond acceptors (Lipinski definition) is 5. The average molecular weight is 411 g/mol. The van der Waals surface area contributed by atoms with Crippen molar-refractivity contribution in [2.24, 2.45) is 0 Å². The Labute approximate surface area is 167 Å². The molecule has 3 rings (SSSR count). The lowest BCUT2D eigenvalue weighted by Crippen LogP contribution is -2.21. The maximum Gasteiger partial charge on any atom is 0.335 e. The molecule has 29 heavy (non-hydrogen) atoms. The first-order valence-corrected chi connectivity index (χ1v) is 9.94. The van der Waals surface area contributed by atoms with E-state index in [0.717, 1.165) is 11.1 Å². The van der Waals surface area contributed by atoms with Gasteiger partial charge in [0, 0.05) is 5.69 Å². The highest BCUT2D eigenvalue weighted by Crippen LogP contribution is 2.22. The highest BCUT2D eigenvalue weighted by molar-refractivity contribution is 7.86. The van der Waals surface area contributed by atoms with Crippen molar-refractivity contribution >= 4 is 27.7 Å². The minimum atomic E-state index is -4.10. The molecule has 0 unspecified atom stereocenters. The molecule has 0 bridgehead atoms. The number of carbonyl (C=O) groups excluding carboxylic acids is 1. The minimum absolute atomic E-state index is 0.0595. The molecule has 0 aromatic heterocycles. The molecule has 148 valence electrons. The number of nitrogens with one attached hydrogen (secondary N) is 1. The van der Waals surface area contributed by atoms with Crippen molar-refractivity contribution in [1.82, 2.24) is 0 Å². The van der Waals surface area contributed by atoms with Crippen LogP contribution in [0.1, 0.15) is 10.4 Å². The van der Waals surface area contributed by atoms with Crippen LogP contribution in [-0.4, -0.2) is 32.0 Å². The number of carboxylic acid groups (broad SMARTS) is 1. The number of aromatic carboxylic acids is 1. The van der Waals surface area contributed by atoms with Gasteiger partial charge in [0.25, 0.3) is 16.0 Å². The van der Waals surface area contributed by atoms with Gasteiger partial charge in [-0.2, -0.15) is 8.42 Å². The Balaban J connectivity index is 1.60. The number of benzene rings is 3. The third kappa shape index (κ3) is 5.28. The van der Waals surface area contributed by atoms with E-state index in [2.05, 4.69) is 5.32 Å². The lowest BCUT2D eigenvalue weighted by atomic mass is 10.1. The Morgan fingerprint density at radius 2 is 1.41 bits per heavy atom. The van der Waals surface area contributed by atoms with Gasteiger partial charge in [0.05, 0.1) is 10.5 Å². The molecule has 0 radical (unpaired) electrons. The first-order valence-electron chi connectivity index (χ1n) is 8.53. The fraction of sp³-hybridized carbons (Fsp3) is 0.0476. The third-order valence-corrected chi connectivity index (χ3v) is 5.29. The number of carboxylic acids is 1. The largest absolute Gasteiger partial charge is 0.478 e. The number of hydrogen-bond donors (Lipinski definition) is 2. The summed E-state index contributed by atoms with van der Waals surface area (Å²) in [5.41, 5.74) is 2.20. The topological polar surface area (TPSA) is 110 Å². The van der Waals surface area contributed by atoms with E-state index in [1.165, 1.54) is 36.4 Å². The summed E-state index contributed by atoms with van der Waals surface area (Å²) in [7, 11) is -4.10. The lowest BCUT2D eigenvalue weighted by Gasteiger charge is -2.08. The lowest BCUT2D eigenvalue weighted by molar-refractivity contribution is -0.118. The van der Waals surface area contributed by atoms with Gasteiger partial charge < -0.3 is 10.4 Å². The normalized spacial score (nSPS) is 11.0. The van der Waals surface area contributed by atoms with Crippen molar-refractivity contribution in [3.8, 4) is 11.1 Å². The summed E-state index contributed by atoms with van der Waals surface area (Å²) in [5.74, 6) is -1.77. The van der Waals surface area contributed by atoms with Gasteiger partial charge in [-0.25, -0.2) is 4.79 Å². The van der Waals surface area contributed by atoms with Crippen molar-refractivity contribution in [3.63, 3.8) is 0 Å². The second-order valence-corrected chi connectivity index (χ2v) is 7.65. The SMILES string of the molecule is O=C(COS(=O)(=O)c1ccc(-c2ccccc2)cc1)Nc1ccc(C(=O)O)cc1. The van der Waals surface area contributed by atoms with E-state index >= 15 is 0 Å². The molecule has 3 aromatic rings. The van der Waals surface area contributed by atoms with Crippen LogP contribution in [0.5, 0.6) is 0 Å². The van der Waals surface area contributed by atoms with Crippen LogP contribution < -0.4 is 5.32 Å². The minimum Gasteiger partial charge on any atom is -0.478 e. The molecule has 0 fully saturated rings. The Bertz CT molecular complexity index is 1110. The molecule has 2 N–H and O–H groups in total. The first kappa shape index (κ1) is 20.2. The van der Waals surface area contributed by atoms with Crippen LogP contribution in [0.15, 0.2) is 83.8 Å². The van der Waals surface area contributed by atoms with Gasteiger partial charge in [-0.15, -0.1) is 0 Å². The van der Waals surface area contributed by atoms with Gasteiger partial charge >= 0.3 is 5.97 Å². The number of amides is 1. The molecular weight excluding hydrogens is 394 g/mol. The standard InChI is InChI=1S/C21H17NO6S/c23-20(22-18-10-6-17(7-11-18)21(24)25)14-28-29(26,27)19-12-8-16(9-13-19)15-4-2-1-3-5-15/h1-13H,14H2,(H,22,23)(H,24,25). The molecular formula is C21H17NO6S. The maximum absolute atomic E-state index is 12.3. The second-order valence-electron chi connectivity index (χ2n) is 6.04. The fourth-order valence-corrected chi connectivity index (χ4v) is 3.40. The van der Waals surface area contributed by atoms with E-state index in [0.29, 0.717) is 5.69 Å². The average Bonchev–Trinajstić information content (AvgIpc) is 2.73. The van der Waals surface area contributed by atoms with Gasteiger partial charge in [-0.3, -0.25) is 8.98 Å². The zero-order valence-electron chi connectivity index (χ0n) is 15.1. The van der Waals surface area contributed by atoms with Crippen molar-refractivity contribution in [2.75, 3.05) is 11.9 Å². The third-order valence-electron chi connectivity index (χ3n) is 4.01. The Kier molecular flexibility index (Phi) is 6.06. The Hall–Kier alpha value is -3.49. The number of anilines is 1. The summed E-state index contributed by atoms with van der Waals surface area (Å²) < 4.78 is 29.4. The number of rotatable bonds is 7. The summed E-state index contributed by atoms with van der Waals surface area (Å²) in [6.45, 7) is -0.705. The van der Waals surface area contributed by atoms with Gasteiger partial charge in [0.15, 0.2) is 0 Å². The molecule has 0 saturated carbocycles. The molecule has 0 aliphatic heterocycles. The first-order chi connectivity index (χ1) is 13.8. The van der Waals surface area contributed by atoms with Crippen LogP contribution in [0, 0.1) is 0 Å². The van der Waals surface area contributed by atoms with Crippen LogP contribution in [0.4, 0.5) is 5.69 Å². The van der Waals surface area contributed by atoms with Crippen molar-refractivity contribution in [3.05, 3.63) is 84.4 Å². The van der Waals surface area contributed by atoms with E-state index < -0.39 is 28.6 Å². The monoisotopic (exact) mass is 411 g/mol. The predicted molar refractivity (Wildman–Crippen MR) is 107 cm³/mol. The van der Waals surface area contributed by atoms with E-state index in [1.54, 1.807) is 12.1 Å². The summed E-state index contributed by atoms with van der Waals surface area (Å²) in [4.78, 5) is 22.7. The van der Waals surface area contributed by atoms with Crippen LogP contribution in [0.3, 0.4) is 0 Å². The molecule has 0 saturated heterocycles. The zero-order chi connectivity index (χ0) is 20.9. The van der Waals surface area contributed by atoms with Crippen LogP contribution in [0.25, 0.3) is 11.1 Å². The highest BCUT2D eigenvalue weighted by atomic mass is 32.2. The van der Waals surface area contributed by atoms with Gasteiger partial charge in [0.2, 0.25) is 0 Å². The molecule has 3 aromatic carbocycles. The van der Waals surface area contributed by atoms with Crippen molar-refractivity contribution in [2.45, 2.75) is 4.90 Å². The van der Waals surface area contributed by atoms with E-state index in [4.69, 9.17) is 9.29 Å². The van der Waals surface area contributed by atoms with Gasteiger partial charge in [-0.1, -0.05) is 42.5 Å². The van der Waals surface area contributed by atoms with Gasteiger partial charge in [-0.05, 0) is 47.5 Å². The predicted octanol–water partition coefficient (Wildman–Crippen LogP) is 3.40. The molecule has 7 nitrogen and oxygen atoms in total. The van der Waals surface area contributed by atoms with Crippen LogP contribution >= 0.6 is 0 Å². The summed E-state index contributed by atoms with van der Waals surface area (Å²) in [6.07, 6.45) is 0. The van der Waals surface area contributed by atoms with Crippen molar-refractivity contribution < 1.29 is 27.3 Å². The van der Waals surface area contributed by atoms with E-state index in [1.807, 2.05) is 30.3 Å². The highest BCUT2D eigenvalue weighted by Gasteiger charge is 2.17. The molecule has 0 aliphatic carbocycles. The second kappa shape index (κ2) is 8.68. The number of carbonyl (C=O) groups is 2. The van der Waals surface area contributed by atoms with Gasteiger partial charge in [0.1, 0.15) is 6.61 Å². The van der Waals surface area contributed by atoms with E-state index in [-0.39, 0.29) is 10.5 Å². The van der Waals surface area contributed by atoms with Crippen molar-refractivity contribution in [1.29, 1.82) is 0 Å². The molecule has 1 amide bonds. The molecule has 0 heterocycles. The summed E-state index contributed by atoms with van der Waals surface area (Å²) in [6, 6.07) is 21.1. The smallest absolute Gasteiger partial charge is 0.335 e. The zero-order valence-corrected chi connectivity index (χ0v) is 15.9.